The molecule has 7 rings (SSSR count). The number of para-hydroxylation sites is 2. The average molecular weight is 476 g/mol. The molecule has 0 radical (unpaired) electrons. The van der Waals surface area contributed by atoms with E-state index in [0.29, 0.717) is 41.0 Å². The van der Waals surface area contributed by atoms with Crippen LogP contribution in [0.1, 0.15) is 11.1 Å². The third-order valence-electron chi connectivity index (χ3n) is 6.58. The molecule has 3 aromatic carbocycles. The topological polar surface area (TPSA) is 84.1 Å². The number of aromatic nitrogens is 5. The summed E-state index contributed by atoms with van der Waals surface area (Å²) in [6.07, 6.45) is 2.36. The summed E-state index contributed by atoms with van der Waals surface area (Å²) in [5.41, 5.74) is 5.32. The smallest absolute Gasteiger partial charge is 0.265 e. The van der Waals surface area contributed by atoms with Crippen molar-refractivity contribution in [1.29, 1.82) is 0 Å². The van der Waals surface area contributed by atoms with E-state index in [1.54, 1.807) is 10.9 Å². The highest BCUT2D eigenvalue weighted by molar-refractivity contribution is 6.04. The number of ether oxygens (including phenoxy) is 2. The number of hydrogen-bond acceptors (Lipinski definition) is 6. The summed E-state index contributed by atoms with van der Waals surface area (Å²) < 4.78 is 14.6. The van der Waals surface area contributed by atoms with Crippen LogP contribution < -0.4 is 15.0 Å². The van der Waals surface area contributed by atoms with Crippen LogP contribution in [-0.2, 0) is 19.5 Å². The predicted molar refractivity (Wildman–Crippen MR) is 136 cm³/mol. The van der Waals surface area contributed by atoms with Crippen LogP contribution in [-0.4, -0.2) is 30.9 Å². The second kappa shape index (κ2) is 8.20. The number of nitrogens with zero attached hydrogens (tertiary/aromatic N) is 5. The van der Waals surface area contributed by atoms with E-state index in [1.165, 1.54) is 5.56 Å². The van der Waals surface area contributed by atoms with Crippen LogP contribution in [0.3, 0.4) is 0 Å². The maximum atomic E-state index is 13.7. The van der Waals surface area contributed by atoms with Crippen molar-refractivity contribution >= 4 is 33.2 Å². The molecule has 36 heavy (non-hydrogen) atoms. The maximum absolute atomic E-state index is 13.7. The first-order chi connectivity index (χ1) is 17.7. The molecule has 0 spiro atoms. The van der Waals surface area contributed by atoms with Gasteiger partial charge >= 0.3 is 0 Å². The van der Waals surface area contributed by atoms with E-state index >= 15 is 0 Å². The molecule has 0 atom stereocenters. The van der Waals surface area contributed by atoms with Gasteiger partial charge in [0.05, 0.1) is 23.9 Å². The number of hydrogen-bond donors (Lipinski definition) is 0. The summed E-state index contributed by atoms with van der Waals surface area (Å²) in [4.78, 5) is 28.2. The van der Waals surface area contributed by atoms with Gasteiger partial charge in [-0.1, -0.05) is 48.5 Å². The second-order valence-electron chi connectivity index (χ2n) is 8.84. The summed E-state index contributed by atoms with van der Waals surface area (Å²) >= 11 is 0. The highest BCUT2D eigenvalue weighted by atomic mass is 16.7. The summed E-state index contributed by atoms with van der Waals surface area (Å²) in [6, 6.07) is 23.6. The molecule has 0 bridgehead atoms. The fourth-order valence-electron chi connectivity index (χ4n) is 4.76. The molecule has 6 aromatic rings. The van der Waals surface area contributed by atoms with E-state index in [1.807, 2.05) is 65.2 Å². The van der Waals surface area contributed by atoms with E-state index in [-0.39, 0.29) is 12.4 Å². The molecule has 0 fully saturated rings. The fourth-order valence-corrected chi connectivity index (χ4v) is 4.76. The van der Waals surface area contributed by atoms with Gasteiger partial charge in [-0.05, 0) is 41.8 Å². The van der Waals surface area contributed by atoms with E-state index in [2.05, 4.69) is 12.1 Å². The van der Waals surface area contributed by atoms with Crippen LogP contribution in [0.2, 0.25) is 0 Å². The Balaban J connectivity index is 1.40. The minimum Gasteiger partial charge on any atom is -0.454 e. The van der Waals surface area contributed by atoms with Crippen molar-refractivity contribution in [2.75, 3.05) is 6.79 Å². The zero-order valence-electron chi connectivity index (χ0n) is 19.3. The molecule has 0 unspecified atom stereocenters. The highest BCUT2D eigenvalue weighted by Crippen LogP contribution is 2.33. The lowest BCUT2D eigenvalue weighted by molar-refractivity contribution is 0.174. The van der Waals surface area contributed by atoms with Crippen LogP contribution in [0.25, 0.3) is 33.2 Å². The molecule has 3 aromatic heterocycles. The molecular formula is C28H21N5O3. The zero-order valence-corrected chi connectivity index (χ0v) is 19.3. The predicted octanol–water partition coefficient (Wildman–Crippen LogP) is 4.31. The van der Waals surface area contributed by atoms with Crippen molar-refractivity contribution in [2.24, 2.45) is 0 Å². The van der Waals surface area contributed by atoms with Gasteiger partial charge in [-0.25, -0.2) is 15.0 Å². The van der Waals surface area contributed by atoms with E-state index in [0.717, 1.165) is 28.8 Å². The third-order valence-corrected chi connectivity index (χ3v) is 6.58. The summed E-state index contributed by atoms with van der Waals surface area (Å²) in [5.74, 6) is 1.44. The molecule has 0 saturated heterocycles. The van der Waals surface area contributed by atoms with Gasteiger partial charge < -0.3 is 14.0 Å². The molecule has 8 nitrogen and oxygen atoms in total. The van der Waals surface area contributed by atoms with Crippen LogP contribution in [0.4, 0.5) is 0 Å². The van der Waals surface area contributed by atoms with E-state index in [9.17, 15) is 4.79 Å². The molecule has 0 amide bonds. The minimum atomic E-state index is -0.116. The van der Waals surface area contributed by atoms with Crippen LogP contribution in [0.15, 0.2) is 83.9 Å². The Morgan fingerprint density at radius 1 is 0.806 bits per heavy atom. The normalized spacial score (nSPS) is 12.7. The van der Waals surface area contributed by atoms with Crippen LogP contribution in [0.5, 0.6) is 11.5 Å². The van der Waals surface area contributed by atoms with Gasteiger partial charge in [-0.2, -0.15) is 0 Å². The quantitative estimate of drug-likeness (QED) is 0.369. The largest absolute Gasteiger partial charge is 0.454 e. The van der Waals surface area contributed by atoms with Crippen LogP contribution >= 0.6 is 0 Å². The molecule has 176 valence electrons. The molecule has 8 heteroatoms. The number of fused-ring (bicyclic) bond motifs is 5. The summed E-state index contributed by atoms with van der Waals surface area (Å²) in [5, 5.41) is 0.486. The monoisotopic (exact) mass is 475 g/mol. The Morgan fingerprint density at radius 2 is 1.58 bits per heavy atom. The van der Waals surface area contributed by atoms with Crippen molar-refractivity contribution in [3.05, 3.63) is 101 Å². The van der Waals surface area contributed by atoms with Crippen molar-refractivity contribution in [2.45, 2.75) is 19.5 Å². The first-order valence-corrected chi connectivity index (χ1v) is 11.8. The average Bonchev–Trinajstić information content (AvgIpc) is 3.50. The lowest BCUT2D eigenvalue weighted by Crippen LogP contribution is -2.22. The van der Waals surface area contributed by atoms with Gasteiger partial charge in [-0.15, -0.1) is 0 Å². The second-order valence-corrected chi connectivity index (χ2v) is 8.84. The number of rotatable bonds is 5. The van der Waals surface area contributed by atoms with Gasteiger partial charge in [-0.3, -0.25) is 9.36 Å². The number of aryl methyl sites for hydroxylation is 2. The van der Waals surface area contributed by atoms with Gasteiger partial charge in [0.15, 0.2) is 22.8 Å². The van der Waals surface area contributed by atoms with Gasteiger partial charge in [0.1, 0.15) is 10.9 Å². The first-order valence-electron chi connectivity index (χ1n) is 11.8. The Hall–Kier alpha value is -4.72. The van der Waals surface area contributed by atoms with Gasteiger partial charge in [0.25, 0.3) is 5.56 Å². The van der Waals surface area contributed by atoms with Crippen molar-refractivity contribution in [3.8, 4) is 11.5 Å². The molecule has 0 saturated carbocycles. The van der Waals surface area contributed by atoms with E-state index in [4.69, 9.17) is 24.4 Å². The Bertz CT molecular complexity index is 1820. The lowest BCUT2D eigenvalue weighted by atomic mass is 10.1. The van der Waals surface area contributed by atoms with Crippen molar-refractivity contribution in [3.63, 3.8) is 0 Å². The van der Waals surface area contributed by atoms with Gasteiger partial charge in [0.2, 0.25) is 6.79 Å². The number of benzene rings is 3. The zero-order chi connectivity index (χ0) is 24.1. The van der Waals surface area contributed by atoms with Crippen molar-refractivity contribution in [1.82, 2.24) is 24.1 Å². The summed E-state index contributed by atoms with van der Waals surface area (Å²) in [7, 11) is 0. The summed E-state index contributed by atoms with van der Waals surface area (Å²) in [6.45, 7) is 1.21. The molecule has 1 aliphatic rings. The fraction of sp³-hybridized carbons (Fsp3) is 0.143. The molecule has 4 heterocycles. The molecular weight excluding hydrogens is 454 g/mol. The third kappa shape index (κ3) is 3.38. The van der Waals surface area contributed by atoms with E-state index < -0.39 is 0 Å². The lowest BCUT2D eigenvalue weighted by Gasteiger charge is -2.09. The highest BCUT2D eigenvalue weighted by Gasteiger charge is 2.21. The minimum absolute atomic E-state index is 0.116. The Kier molecular flexibility index (Phi) is 4.70. The molecule has 0 N–H and O–H groups in total. The Morgan fingerprint density at radius 3 is 2.44 bits per heavy atom. The molecule has 0 aliphatic carbocycles. The first kappa shape index (κ1) is 20.6. The molecule has 1 aliphatic heterocycles. The Labute approximate surface area is 205 Å². The standard InChI is InChI=1S/C28H21N5O3/c34-28-24-25-27(31-21-9-5-4-8-20(21)30-25)33(15-19-10-11-22-23(14-19)36-17-35-22)26(24)29-16-32(28)13-12-18-6-2-1-3-7-18/h1-11,14,16H,12-13,15,17H2. The van der Waals surface area contributed by atoms with Gasteiger partial charge in [0, 0.05) is 6.54 Å². The maximum Gasteiger partial charge on any atom is 0.265 e. The van der Waals surface area contributed by atoms with Crippen molar-refractivity contribution < 1.29 is 9.47 Å². The SMILES string of the molecule is O=c1c2c3nc4ccccc4nc3n(Cc3ccc4c(c3)OCO4)c2ncn1CCc1ccccc1. The van der Waals surface area contributed by atoms with Crippen LogP contribution in [0, 0.1) is 0 Å².